The molecule has 216 valence electrons. The van der Waals surface area contributed by atoms with E-state index in [0.29, 0.717) is 12.1 Å². The Labute approximate surface area is 215 Å². The van der Waals surface area contributed by atoms with Crippen LogP contribution in [-0.2, 0) is 18.5 Å². The zero-order valence-corrected chi connectivity index (χ0v) is 19.0. The summed E-state index contributed by atoms with van der Waals surface area (Å²) in [6.07, 6.45) is -18.9. The predicted molar refractivity (Wildman–Crippen MR) is 110 cm³/mol. The minimum Gasteiger partial charge on any atom is -0.334 e. The van der Waals surface area contributed by atoms with Gasteiger partial charge in [0, 0.05) is 12.1 Å². The highest BCUT2D eigenvalue weighted by molar-refractivity contribution is 6.29. The number of halogens is 12. The van der Waals surface area contributed by atoms with Crippen LogP contribution in [0.25, 0.3) is 22.1 Å². The van der Waals surface area contributed by atoms with Gasteiger partial charge in [0.25, 0.3) is 12.1 Å². The quantitative estimate of drug-likeness (QED) is 0.138. The largest absolute Gasteiger partial charge is 0.449 e. The molecule has 0 aliphatic carbocycles. The molecule has 2 aromatic carbocycles. The van der Waals surface area contributed by atoms with Gasteiger partial charge in [-0.05, 0) is 17.7 Å². The summed E-state index contributed by atoms with van der Waals surface area (Å²) in [4.78, 5) is 28.8. The molecule has 0 amide bonds. The summed E-state index contributed by atoms with van der Waals surface area (Å²) >= 11 is 5.40. The van der Waals surface area contributed by atoms with Crippen molar-refractivity contribution < 1.29 is 58.1 Å². The maximum absolute atomic E-state index is 12.8. The molecular weight excluding hydrogens is 609 g/mol. The Bertz CT molecular complexity index is 1630. The molecular formula is C18H6ClF11N6O4. The molecule has 22 heteroatoms. The van der Waals surface area contributed by atoms with E-state index in [1.54, 1.807) is 4.98 Å². The minimum absolute atomic E-state index is 0.142. The third-order valence-corrected chi connectivity index (χ3v) is 5.00. The van der Waals surface area contributed by atoms with Crippen LogP contribution in [0.5, 0.6) is 0 Å². The first-order valence-electron chi connectivity index (χ1n) is 9.67. The van der Waals surface area contributed by atoms with E-state index in [1.807, 2.05) is 0 Å². The average molecular weight is 615 g/mol. The number of nitro benzene ring substituents is 2. The zero-order chi connectivity index (χ0) is 30.5. The third-order valence-electron chi connectivity index (χ3n) is 4.82. The highest BCUT2D eigenvalue weighted by Gasteiger charge is 2.42. The smallest absolute Gasteiger partial charge is 0.334 e. The van der Waals surface area contributed by atoms with Gasteiger partial charge >= 0.3 is 24.2 Å². The summed E-state index contributed by atoms with van der Waals surface area (Å²) in [5.41, 5.74) is -10.3. The van der Waals surface area contributed by atoms with Crippen LogP contribution in [0.1, 0.15) is 28.9 Å². The average Bonchev–Trinajstić information content (AvgIpc) is 3.38. The Kier molecular flexibility index (Phi) is 7.58. The minimum atomic E-state index is -5.18. The van der Waals surface area contributed by atoms with E-state index in [1.165, 1.54) is 0 Å². The molecule has 2 heterocycles. The van der Waals surface area contributed by atoms with Gasteiger partial charge in [0.05, 0.1) is 32.0 Å². The van der Waals surface area contributed by atoms with Gasteiger partial charge in [-0.1, -0.05) is 0 Å². The van der Waals surface area contributed by atoms with Crippen LogP contribution in [0.4, 0.5) is 59.7 Å². The number of hydrogen-bond acceptors (Lipinski definition) is 6. The lowest BCUT2D eigenvalue weighted by Crippen LogP contribution is -2.12. The molecule has 4 aromatic rings. The molecule has 10 nitrogen and oxygen atoms in total. The number of benzene rings is 2. The number of hydrogen-bond donors (Lipinski definition) is 2. The zero-order valence-electron chi connectivity index (χ0n) is 18.3. The SMILES string of the molecule is O=[N+]([O-])c1c(C(F)F)c(C(F)(F)F)cc2[nH]c(Cl)nc12.O=[N+]([O-])c1cc(C(F)(F)F)c2nc(C(F)(F)F)[nH]c2c1. The number of nitro groups is 2. The van der Waals surface area contributed by atoms with E-state index in [2.05, 4.69) is 15.0 Å². The summed E-state index contributed by atoms with van der Waals surface area (Å²) in [6.45, 7) is 0. The van der Waals surface area contributed by atoms with Crippen LogP contribution < -0.4 is 0 Å². The molecule has 4 rings (SSSR count). The summed E-state index contributed by atoms with van der Waals surface area (Å²) in [6, 6.07) is 1.03. The molecule has 2 aromatic heterocycles. The number of non-ortho nitro benzene ring substituents is 1. The molecule has 0 aliphatic heterocycles. The third kappa shape index (κ3) is 5.97. The number of nitrogens with one attached hydrogen (secondary N) is 2. The number of imidazole rings is 2. The Morgan fingerprint density at radius 2 is 1.30 bits per heavy atom. The molecule has 0 radical (unpaired) electrons. The first-order chi connectivity index (χ1) is 18.1. The van der Waals surface area contributed by atoms with Crippen molar-refractivity contribution >= 4 is 45.0 Å². The van der Waals surface area contributed by atoms with Gasteiger partial charge in [-0.3, -0.25) is 20.2 Å². The maximum Gasteiger partial charge on any atom is 0.449 e. The first-order valence-corrected chi connectivity index (χ1v) is 10.0. The normalized spacial score (nSPS) is 12.6. The van der Waals surface area contributed by atoms with Crippen LogP contribution in [0, 0.1) is 20.2 Å². The molecule has 0 saturated heterocycles. The standard InChI is InChI=1S/C9H3ClF5N3O2.C9H3F6N3O2/c10-8-16-3-1-2(9(13,14)15)4(7(11)12)6(18(19)20)5(3)17-8;10-8(11,12)4-1-3(18(19)20)2-5-6(4)17-7(16-5)9(13,14)15/h1,7H,(H,16,17);1-2H,(H,16,17). The van der Waals surface area contributed by atoms with Gasteiger partial charge in [-0.25, -0.2) is 18.7 Å². The Hall–Kier alpha value is -4.30. The van der Waals surface area contributed by atoms with E-state index in [0.717, 1.165) is 0 Å². The fourth-order valence-electron chi connectivity index (χ4n) is 3.32. The predicted octanol–water partition coefficient (Wildman–Crippen LogP) is 7.59. The second-order valence-corrected chi connectivity index (χ2v) is 7.75. The molecule has 0 aliphatic rings. The van der Waals surface area contributed by atoms with E-state index in [9.17, 15) is 68.5 Å². The highest BCUT2D eigenvalue weighted by atomic mass is 35.5. The molecule has 0 fully saturated rings. The Balaban J connectivity index is 0.000000220. The van der Waals surface area contributed by atoms with Crippen LogP contribution in [0.3, 0.4) is 0 Å². The van der Waals surface area contributed by atoms with Crippen molar-refractivity contribution in [3.05, 3.63) is 66.2 Å². The van der Waals surface area contributed by atoms with Crippen molar-refractivity contribution in [1.29, 1.82) is 0 Å². The van der Waals surface area contributed by atoms with E-state index in [-0.39, 0.29) is 6.07 Å². The monoisotopic (exact) mass is 614 g/mol. The van der Waals surface area contributed by atoms with Crippen LogP contribution >= 0.6 is 11.6 Å². The fourth-order valence-corrected chi connectivity index (χ4v) is 3.50. The maximum atomic E-state index is 12.8. The van der Waals surface area contributed by atoms with Crippen molar-refractivity contribution in [2.24, 2.45) is 0 Å². The molecule has 0 spiro atoms. The summed E-state index contributed by atoms with van der Waals surface area (Å²) < 4.78 is 139. The van der Waals surface area contributed by atoms with Gasteiger partial charge in [-0.15, -0.1) is 0 Å². The number of H-pyrrole nitrogens is 2. The van der Waals surface area contributed by atoms with E-state index in [4.69, 9.17) is 11.6 Å². The summed E-state index contributed by atoms with van der Waals surface area (Å²) in [5, 5.41) is 20.9. The molecule has 0 bridgehead atoms. The van der Waals surface area contributed by atoms with Gasteiger partial charge in [0.2, 0.25) is 11.1 Å². The van der Waals surface area contributed by atoms with Crippen LogP contribution in [-0.4, -0.2) is 29.8 Å². The van der Waals surface area contributed by atoms with Crippen LogP contribution in [0.15, 0.2) is 18.2 Å². The van der Waals surface area contributed by atoms with Gasteiger partial charge in [0.1, 0.15) is 11.1 Å². The van der Waals surface area contributed by atoms with E-state index >= 15 is 0 Å². The lowest BCUT2D eigenvalue weighted by molar-refractivity contribution is -0.385. The molecule has 2 N–H and O–H groups in total. The number of alkyl halides is 11. The number of aromatic nitrogens is 4. The molecule has 0 atom stereocenters. The lowest BCUT2D eigenvalue weighted by Gasteiger charge is -2.12. The second-order valence-electron chi connectivity index (χ2n) is 7.39. The van der Waals surface area contributed by atoms with Gasteiger partial charge in [-0.2, -0.15) is 39.5 Å². The summed E-state index contributed by atoms with van der Waals surface area (Å²) in [5.74, 6) is -1.65. The molecule has 40 heavy (non-hydrogen) atoms. The first kappa shape index (κ1) is 30.2. The highest BCUT2D eigenvalue weighted by Crippen LogP contribution is 2.44. The number of aromatic amines is 2. The number of fused-ring (bicyclic) bond motifs is 2. The van der Waals surface area contributed by atoms with Crippen LogP contribution in [0.2, 0.25) is 5.28 Å². The number of nitrogens with zero attached hydrogens (tertiary/aromatic N) is 4. The second kappa shape index (κ2) is 10.0. The summed E-state index contributed by atoms with van der Waals surface area (Å²) in [7, 11) is 0. The van der Waals surface area contributed by atoms with Gasteiger partial charge in [0.15, 0.2) is 5.52 Å². The molecule has 0 unspecified atom stereocenters. The van der Waals surface area contributed by atoms with Crippen molar-refractivity contribution in [3.63, 3.8) is 0 Å². The van der Waals surface area contributed by atoms with Crippen molar-refractivity contribution in [3.8, 4) is 0 Å². The fraction of sp³-hybridized carbons (Fsp3) is 0.222. The van der Waals surface area contributed by atoms with Crippen molar-refractivity contribution in [2.45, 2.75) is 25.0 Å². The Morgan fingerprint density at radius 3 is 1.75 bits per heavy atom. The topological polar surface area (TPSA) is 144 Å². The molecule has 0 saturated carbocycles. The van der Waals surface area contributed by atoms with Gasteiger partial charge < -0.3 is 9.97 Å². The number of rotatable bonds is 3. The van der Waals surface area contributed by atoms with Crippen molar-refractivity contribution in [2.75, 3.05) is 0 Å². The lowest BCUT2D eigenvalue weighted by atomic mass is 10.0. The van der Waals surface area contributed by atoms with Crippen molar-refractivity contribution in [1.82, 2.24) is 19.9 Å². The Morgan fingerprint density at radius 1 is 0.750 bits per heavy atom. The van der Waals surface area contributed by atoms with E-state index < -0.39 is 96.0 Å².